The highest BCUT2D eigenvalue weighted by atomic mass is 16.2. The topological polar surface area (TPSA) is 61.4 Å². The van der Waals surface area contributed by atoms with Crippen LogP contribution in [-0.2, 0) is 4.79 Å². The summed E-state index contributed by atoms with van der Waals surface area (Å²) >= 11 is 0. The molecule has 0 spiro atoms. The molecule has 1 saturated carbocycles. The van der Waals surface area contributed by atoms with E-state index in [0.29, 0.717) is 0 Å². The van der Waals surface area contributed by atoms with Crippen molar-refractivity contribution in [3.8, 4) is 0 Å². The van der Waals surface area contributed by atoms with Crippen LogP contribution in [0, 0.1) is 0 Å². The second-order valence-electron chi connectivity index (χ2n) is 6.07. The minimum Gasteiger partial charge on any atom is -0.335 e. The summed E-state index contributed by atoms with van der Waals surface area (Å²) < 4.78 is 0. The summed E-state index contributed by atoms with van der Waals surface area (Å²) in [6.07, 6.45) is 9.19. The fourth-order valence-corrected chi connectivity index (χ4v) is 3.16. The maximum atomic E-state index is 12.1. The summed E-state index contributed by atoms with van der Waals surface area (Å²) in [5.74, 6) is -0.180. The van der Waals surface area contributed by atoms with Gasteiger partial charge in [-0.25, -0.2) is 4.79 Å². The smallest absolute Gasteiger partial charge is 0.321 e. The third-order valence-electron chi connectivity index (χ3n) is 4.49. The van der Waals surface area contributed by atoms with Gasteiger partial charge < -0.3 is 5.32 Å². The van der Waals surface area contributed by atoms with Crippen LogP contribution in [0.1, 0.15) is 58.3 Å². The first kappa shape index (κ1) is 15.3. The maximum Gasteiger partial charge on any atom is 0.321 e. The van der Waals surface area contributed by atoms with Crippen molar-refractivity contribution in [1.29, 1.82) is 0 Å². The average Bonchev–Trinajstić information content (AvgIpc) is 2.48. The number of carbonyl (C=O) groups is 2. The quantitative estimate of drug-likeness (QED) is 0.832. The molecule has 1 saturated heterocycles. The molecule has 2 rings (SSSR count). The largest absolute Gasteiger partial charge is 0.335 e. The highest BCUT2D eigenvalue weighted by Gasteiger charge is 2.25. The number of piperidine rings is 1. The Hall–Kier alpha value is -1.10. The van der Waals surface area contributed by atoms with Gasteiger partial charge in [-0.05, 0) is 45.7 Å². The Morgan fingerprint density at radius 1 is 1.00 bits per heavy atom. The molecular formula is C15H27N3O2. The van der Waals surface area contributed by atoms with Gasteiger partial charge in [-0.2, -0.15) is 0 Å². The van der Waals surface area contributed by atoms with Gasteiger partial charge in [0.2, 0.25) is 5.91 Å². The summed E-state index contributed by atoms with van der Waals surface area (Å²) in [5, 5.41) is 5.41. The molecule has 0 aromatic carbocycles. The van der Waals surface area contributed by atoms with Crippen LogP contribution in [-0.4, -0.2) is 42.0 Å². The zero-order valence-electron chi connectivity index (χ0n) is 12.5. The van der Waals surface area contributed by atoms with Crippen LogP contribution in [0.25, 0.3) is 0 Å². The summed E-state index contributed by atoms with van der Waals surface area (Å²) in [5.41, 5.74) is 0. The molecule has 5 nitrogen and oxygen atoms in total. The summed E-state index contributed by atoms with van der Waals surface area (Å²) in [4.78, 5) is 26.1. The lowest BCUT2D eigenvalue weighted by molar-refractivity contribution is -0.125. The third kappa shape index (κ3) is 4.47. The molecule has 2 aliphatic rings. The predicted molar refractivity (Wildman–Crippen MR) is 78.4 cm³/mol. The summed E-state index contributed by atoms with van der Waals surface area (Å²) in [6.45, 7) is 3.80. The minimum absolute atomic E-state index is 0.180. The molecule has 2 fully saturated rings. The lowest BCUT2D eigenvalue weighted by Crippen LogP contribution is -2.52. The van der Waals surface area contributed by atoms with Crippen LogP contribution in [0.2, 0.25) is 0 Å². The van der Waals surface area contributed by atoms with Crippen LogP contribution < -0.4 is 10.6 Å². The molecule has 1 atom stereocenters. The van der Waals surface area contributed by atoms with Crippen molar-refractivity contribution >= 4 is 11.9 Å². The van der Waals surface area contributed by atoms with Gasteiger partial charge in [-0.1, -0.05) is 25.7 Å². The van der Waals surface area contributed by atoms with E-state index in [4.69, 9.17) is 0 Å². The molecule has 0 unspecified atom stereocenters. The number of imide groups is 1. The second kappa shape index (κ2) is 7.62. The Kier molecular flexibility index (Phi) is 5.83. The monoisotopic (exact) mass is 281 g/mol. The first-order valence-corrected chi connectivity index (χ1v) is 8.02. The van der Waals surface area contributed by atoms with Crippen LogP contribution >= 0.6 is 0 Å². The SMILES string of the molecule is C[C@H](C(=O)NC(=O)NC1CCCCC1)N1CCCCC1. The van der Waals surface area contributed by atoms with Gasteiger partial charge in [0.1, 0.15) is 0 Å². The first-order chi connectivity index (χ1) is 9.66. The highest BCUT2D eigenvalue weighted by Crippen LogP contribution is 2.17. The van der Waals surface area contributed by atoms with Crippen LogP contribution in [0.3, 0.4) is 0 Å². The Morgan fingerprint density at radius 2 is 1.60 bits per heavy atom. The van der Waals surface area contributed by atoms with Gasteiger partial charge in [0.15, 0.2) is 0 Å². The van der Waals surface area contributed by atoms with Crippen molar-refractivity contribution in [3.63, 3.8) is 0 Å². The summed E-state index contributed by atoms with van der Waals surface area (Å²) in [6, 6.07) is -0.306. The predicted octanol–water partition coefficient (Wildman–Crippen LogP) is 2.02. The van der Waals surface area contributed by atoms with Crippen molar-refractivity contribution in [2.75, 3.05) is 13.1 Å². The molecule has 0 bridgehead atoms. The standard InChI is InChI=1S/C15H27N3O2/c1-12(18-10-6-3-7-11-18)14(19)17-15(20)16-13-8-4-2-5-9-13/h12-13H,2-11H2,1H3,(H2,16,17,19,20)/t12-/m1/s1. The van der Waals surface area contributed by atoms with Gasteiger partial charge in [0.25, 0.3) is 0 Å². The molecule has 5 heteroatoms. The van der Waals surface area contributed by atoms with E-state index in [1.165, 1.54) is 25.7 Å². The molecule has 2 N–H and O–H groups in total. The van der Waals surface area contributed by atoms with Crippen LogP contribution in [0.5, 0.6) is 0 Å². The zero-order chi connectivity index (χ0) is 14.4. The number of hydrogen-bond acceptors (Lipinski definition) is 3. The summed E-state index contributed by atoms with van der Waals surface area (Å²) in [7, 11) is 0. The third-order valence-corrected chi connectivity index (χ3v) is 4.49. The molecule has 3 amide bonds. The van der Waals surface area contributed by atoms with Crippen LogP contribution in [0.4, 0.5) is 4.79 Å². The number of rotatable bonds is 3. The molecule has 20 heavy (non-hydrogen) atoms. The first-order valence-electron chi connectivity index (χ1n) is 8.02. The average molecular weight is 281 g/mol. The fraction of sp³-hybridized carbons (Fsp3) is 0.867. The molecular weight excluding hydrogens is 254 g/mol. The van der Waals surface area contributed by atoms with Crippen molar-refractivity contribution in [2.45, 2.75) is 70.4 Å². The lowest BCUT2D eigenvalue weighted by Gasteiger charge is -2.31. The van der Waals surface area contributed by atoms with Gasteiger partial charge in [-0.3, -0.25) is 15.0 Å². The zero-order valence-corrected chi connectivity index (χ0v) is 12.5. The number of hydrogen-bond donors (Lipinski definition) is 2. The van der Waals surface area contributed by atoms with Crippen molar-refractivity contribution in [1.82, 2.24) is 15.5 Å². The van der Waals surface area contributed by atoms with Gasteiger partial charge in [-0.15, -0.1) is 0 Å². The Morgan fingerprint density at radius 3 is 2.25 bits per heavy atom. The number of carbonyl (C=O) groups excluding carboxylic acids is 2. The molecule has 0 aromatic heterocycles. The van der Waals surface area contributed by atoms with E-state index >= 15 is 0 Å². The lowest BCUT2D eigenvalue weighted by atomic mass is 9.96. The molecule has 114 valence electrons. The Balaban J connectivity index is 1.73. The maximum absolute atomic E-state index is 12.1. The van der Waals surface area contributed by atoms with Crippen molar-refractivity contribution in [2.24, 2.45) is 0 Å². The van der Waals surface area contributed by atoms with E-state index in [-0.39, 0.29) is 24.0 Å². The van der Waals surface area contributed by atoms with Gasteiger partial charge in [0.05, 0.1) is 6.04 Å². The molecule has 0 radical (unpaired) electrons. The minimum atomic E-state index is -0.328. The number of nitrogens with one attached hydrogen (secondary N) is 2. The van der Waals surface area contributed by atoms with E-state index in [1.807, 2.05) is 6.92 Å². The molecule has 1 heterocycles. The molecule has 1 aliphatic heterocycles. The number of amides is 3. The van der Waals surface area contributed by atoms with Crippen LogP contribution in [0.15, 0.2) is 0 Å². The Bertz CT molecular complexity index is 334. The highest BCUT2D eigenvalue weighted by molar-refractivity contribution is 5.96. The van der Waals surface area contributed by atoms with Gasteiger partial charge in [0, 0.05) is 6.04 Å². The normalized spacial score (nSPS) is 23.1. The molecule has 1 aliphatic carbocycles. The van der Waals surface area contributed by atoms with E-state index in [0.717, 1.165) is 38.8 Å². The van der Waals surface area contributed by atoms with E-state index < -0.39 is 0 Å². The van der Waals surface area contributed by atoms with E-state index in [9.17, 15) is 9.59 Å². The molecule has 0 aromatic rings. The van der Waals surface area contributed by atoms with Gasteiger partial charge >= 0.3 is 6.03 Å². The Labute approximate surface area is 121 Å². The van der Waals surface area contributed by atoms with Crippen molar-refractivity contribution < 1.29 is 9.59 Å². The number of likely N-dealkylation sites (tertiary alicyclic amines) is 1. The van der Waals surface area contributed by atoms with E-state index in [1.54, 1.807) is 0 Å². The number of nitrogens with zero attached hydrogens (tertiary/aromatic N) is 1. The number of urea groups is 1. The second-order valence-corrected chi connectivity index (χ2v) is 6.07. The van der Waals surface area contributed by atoms with E-state index in [2.05, 4.69) is 15.5 Å². The fourth-order valence-electron chi connectivity index (χ4n) is 3.16. The van der Waals surface area contributed by atoms with Crippen molar-refractivity contribution in [3.05, 3.63) is 0 Å².